The molecule has 0 saturated carbocycles. The Morgan fingerprint density at radius 2 is 1.33 bits per heavy atom. The Morgan fingerprint density at radius 1 is 0.933 bits per heavy atom. The highest BCUT2D eigenvalue weighted by Gasteiger charge is 2.47. The summed E-state index contributed by atoms with van der Waals surface area (Å²) in [5.41, 5.74) is -1.60. The van der Waals surface area contributed by atoms with Crippen LogP contribution in [0.4, 0.5) is 0 Å². The molecule has 0 aromatic heterocycles. The molecular formula is C11H22N2O2. The quantitative estimate of drug-likeness (QED) is 0.689. The molecule has 0 bridgehead atoms. The molecule has 2 aliphatic rings. The Balaban J connectivity index is 2.07. The van der Waals surface area contributed by atoms with Gasteiger partial charge in [0.1, 0.15) is 11.4 Å². The number of hydrogen-bond donors (Lipinski definition) is 2. The van der Waals surface area contributed by atoms with E-state index in [-0.39, 0.29) is 0 Å². The van der Waals surface area contributed by atoms with Gasteiger partial charge in [-0.2, -0.15) is 0 Å². The van der Waals surface area contributed by atoms with Crippen molar-refractivity contribution < 1.29 is 10.2 Å². The van der Waals surface area contributed by atoms with Gasteiger partial charge in [0.15, 0.2) is 0 Å². The molecule has 0 spiro atoms. The van der Waals surface area contributed by atoms with Gasteiger partial charge in [0.05, 0.1) is 0 Å². The molecule has 4 nitrogen and oxygen atoms in total. The molecule has 2 saturated heterocycles. The smallest absolute Gasteiger partial charge is 0.122 e. The van der Waals surface area contributed by atoms with Gasteiger partial charge in [-0.3, -0.25) is 9.80 Å². The second-order valence-corrected chi connectivity index (χ2v) is 5.19. The van der Waals surface area contributed by atoms with Crippen molar-refractivity contribution in [1.82, 2.24) is 9.80 Å². The minimum absolute atomic E-state index is 0.451. The molecule has 2 rings (SSSR count). The summed E-state index contributed by atoms with van der Waals surface area (Å²) in [7, 11) is 3.87. The van der Waals surface area contributed by atoms with Crippen LogP contribution in [0.2, 0.25) is 0 Å². The topological polar surface area (TPSA) is 46.9 Å². The molecule has 0 aliphatic carbocycles. The van der Waals surface area contributed by atoms with Gasteiger partial charge in [-0.1, -0.05) is 0 Å². The Morgan fingerprint density at radius 3 is 1.60 bits per heavy atom. The van der Waals surface area contributed by atoms with Gasteiger partial charge in [-0.25, -0.2) is 0 Å². The summed E-state index contributed by atoms with van der Waals surface area (Å²) < 4.78 is 0. The van der Waals surface area contributed by atoms with E-state index in [9.17, 15) is 10.2 Å². The van der Waals surface area contributed by atoms with Crippen LogP contribution >= 0.6 is 0 Å². The molecule has 15 heavy (non-hydrogen) atoms. The number of nitrogens with zero attached hydrogens (tertiary/aromatic N) is 2. The van der Waals surface area contributed by atoms with E-state index >= 15 is 0 Å². The first kappa shape index (κ1) is 11.3. The average molecular weight is 214 g/mol. The van der Waals surface area contributed by atoms with Crippen LogP contribution in [-0.4, -0.2) is 58.6 Å². The monoisotopic (exact) mass is 214 g/mol. The average Bonchev–Trinajstić information content (AvgIpc) is 2.61. The lowest BCUT2D eigenvalue weighted by Gasteiger charge is -2.40. The van der Waals surface area contributed by atoms with Crippen LogP contribution in [-0.2, 0) is 0 Å². The molecule has 4 heteroatoms. The van der Waals surface area contributed by atoms with Crippen molar-refractivity contribution in [1.29, 1.82) is 0 Å². The Labute approximate surface area is 91.5 Å². The number of hydrogen-bond acceptors (Lipinski definition) is 4. The maximum atomic E-state index is 10.4. The zero-order chi connectivity index (χ0) is 11.1. The molecule has 0 aromatic carbocycles. The van der Waals surface area contributed by atoms with Crippen molar-refractivity contribution in [2.75, 3.05) is 27.2 Å². The summed E-state index contributed by atoms with van der Waals surface area (Å²) in [6.45, 7) is 1.85. The highest BCUT2D eigenvalue weighted by molar-refractivity contribution is 4.94. The van der Waals surface area contributed by atoms with Gasteiger partial charge in [0, 0.05) is 19.5 Å². The van der Waals surface area contributed by atoms with Crippen LogP contribution < -0.4 is 0 Å². The maximum Gasteiger partial charge on any atom is 0.122 e. The van der Waals surface area contributed by atoms with E-state index in [0.717, 1.165) is 38.8 Å². The summed E-state index contributed by atoms with van der Waals surface area (Å²) in [4.78, 5) is 3.94. The molecule has 2 atom stereocenters. The molecule has 2 N–H and O–H groups in total. The first-order valence-electron chi connectivity index (χ1n) is 5.84. The van der Waals surface area contributed by atoms with Gasteiger partial charge in [0.25, 0.3) is 0 Å². The molecule has 2 aliphatic heterocycles. The van der Waals surface area contributed by atoms with E-state index in [2.05, 4.69) is 0 Å². The third-order valence-corrected chi connectivity index (χ3v) is 4.13. The lowest BCUT2D eigenvalue weighted by molar-refractivity contribution is -0.165. The molecule has 0 radical (unpaired) electrons. The van der Waals surface area contributed by atoms with Gasteiger partial charge >= 0.3 is 0 Å². The predicted molar refractivity (Wildman–Crippen MR) is 58.2 cm³/mol. The second kappa shape index (κ2) is 3.70. The summed E-state index contributed by atoms with van der Waals surface area (Å²) in [6, 6.07) is 0. The lowest BCUT2D eigenvalue weighted by Crippen LogP contribution is -2.52. The van der Waals surface area contributed by atoms with E-state index in [0.29, 0.717) is 6.42 Å². The second-order valence-electron chi connectivity index (χ2n) is 5.19. The lowest BCUT2D eigenvalue weighted by atomic mass is 9.96. The third-order valence-electron chi connectivity index (χ3n) is 4.13. The van der Waals surface area contributed by atoms with Crippen molar-refractivity contribution in [2.24, 2.45) is 0 Å². The van der Waals surface area contributed by atoms with E-state index < -0.39 is 11.4 Å². The molecule has 0 amide bonds. The zero-order valence-electron chi connectivity index (χ0n) is 9.74. The van der Waals surface area contributed by atoms with E-state index in [1.54, 1.807) is 0 Å². The Bertz CT molecular complexity index is 225. The number of rotatable bonds is 2. The van der Waals surface area contributed by atoms with Crippen molar-refractivity contribution in [3.05, 3.63) is 0 Å². The van der Waals surface area contributed by atoms with Crippen LogP contribution in [0.25, 0.3) is 0 Å². The third kappa shape index (κ3) is 1.91. The summed E-state index contributed by atoms with van der Waals surface area (Å²) >= 11 is 0. The zero-order valence-corrected chi connectivity index (χ0v) is 9.74. The molecule has 2 unspecified atom stereocenters. The summed E-state index contributed by atoms with van der Waals surface area (Å²) in [5, 5.41) is 20.9. The standard InChI is InChI=1S/C11H22N2O2/c1-12-7-3-5-10(12,14)9-11(15)6-4-8-13(11)2/h14-15H,3-9H2,1-2H3. The summed E-state index contributed by atoms with van der Waals surface area (Å²) in [5.74, 6) is 0. The van der Waals surface area contributed by atoms with E-state index in [4.69, 9.17) is 0 Å². The van der Waals surface area contributed by atoms with Gasteiger partial charge in [-0.05, 0) is 39.8 Å². The molecule has 2 heterocycles. The normalized spacial score (nSPS) is 44.0. The minimum Gasteiger partial charge on any atom is -0.375 e. The van der Waals surface area contributed by atoms with Crippen molar-refractivity contribution in [3.63, 3.8) is 0 Å². The fourth-order valence-electron chi connectivity index (χ4n) is 2.90. The van der Waals surface area contributed by atoms with Crippen LogP contribution in [0.5, 0.6) is 0 Å². The van der Waals surface area contributed by atoms with Crippen LogP contribution in [0.15, 0.2) is 0 Å². The van der Waals surface area contributed by atoms with E-state index in [1.165, 1.54) is 0 Å². The first-order chi connectivity index (χ1) is 6.96. The van der Waals surface area contributed by atoms with Gasteiger partial charge in [0.2, 0.25) is 0 Å². The highest BCUT2D eigenvalue weighted by Crippen LogP contribution is 2.38. The van der Waals surface area contributed by atoms with Crippen LogP contribution in [0.3, 0.4) is 0 Å². The largest absolute Gasteiger partial charge is 0.375 e. The highest BCUT2D eigenvalue weighted by atomic mass is 16.3. The van der Waals surface area contributed by atoms with Crippen molar-refractivity contribution in [2.45, 2.75) is 43.6 Å². The molecule has 88 valence electrons. The van der Waals surface area contributed by atoms with Gasteiger partial charge < -0.3 is 10.2 Å². The number of aliphatic hydroxyl groups is 2. The van der Waals surface area contributed by atoms with Crippen molar-refractivity contribution >= 4 is 0 Å². The minimum atomic E-state index is -0.798. The molecule has 2 fully saturated rings. The van der Waals surface area contributed by atoms with Crippen LogP contribution in [0, 0.1) is 0 Å². The molecule has 0 aromatic rings. The fraction of sp³-hybridized carbons (Fsp3) is 1.00. The van der Waals surface area contributed by atoms with Crippen LogP contribution in [0.1, 0.15) is 32.1 Å². The van der Waals surface area contributed by atoms with Gasteiger partial charge in [-0.15, -0.1) is 0 Å². The summed E-state index contributed by atoms with van der Waals surface area (Å²) in [6.07, 6.45) is 4.05. The SMILES string of the molecule is CN1CCCC1(O)CC1(O)CCCN1C. The predicted octanol–water partition coefficient (Wildman–Crippen LogP) is 0.205. The van der Waals surface area contributed by atoms with Crippen molar-refractivity contribution in [3.8, 4) is 0 Å². The maximum absolute atomic E-state index is 10.4. The Hall–Kier alpha value is -0.160. The Kier molecular flexibility index (Phi) is 2.79. The fourth-order valence-corrected chi connectivity index (χ4v) is 2.90. The number of likely N-dealkylation sites (tertiary alicyclic amines) is 2. The first-order valence-corrected chi connectivity index (χ1v) is 5.84. The molecular weight excluding hydrogens is 192 g/mol. The van der Waals surface area contributed by atoms with E-state index in [1.807, 2.05) is 23.9 Å².